The fourth-order valence-corrected chi connectivity index (χ4v) is 8.78. The van der Waals surface area contributed by atoms with Gasteiger partial charge >= 0.3 is 11.9 Å². The molecule has 1 N–H and O–H groups in total. The highest BCUT2D eigenvalue weighted by atomic mass is 16.6. The van der Waals surface area contributed by atoms with Crippen molar-refractivity contribution in [2.75, 3.05) is 26.4 Å². The highest BCUT2D eigenvalue weighted by Gasteiger charge is 2.42. The summed E-state index contributed by atoms with van der Waals surface area (Å²) in [5.74, 6) is -0.456. The Morgan fingerprint density at radius 3 is 1.06 bits per heavy atom. The number of rotatable bonds is 52. The summed E-state index contributed by atoms with van der Waals surface area (Å²) in [6.07, 6.45) is 54.8. The van der Waals surface area contributed by atoms with Gasteiger partial charge in [0.05, 0.1) is 18.1 Å². The van der Waals surface area contributed by atoms with E-state index in [1.807, 2.05) is 0 Å². The predicted molar refractivity (Wildman–Crippen MR) is 272 cm³/mol. The summed E-state index contributed by atoms with van der Waals surface area (Å²) in [7, 11) is 0. The average molecular weight is 892 g/mol. The van der Waals surface area contributed by atoms with Crippen molar-refractivity contribution in [3.63, 3.8) is 0 Å². The number of esters is 2. The maximum Gasteiger partial charge on any atom is 0.305 e. The number of carbonyl (C=O) groups is 2. The van der Waals surface area contributed by atoms with Gasteiger partial charge in [-0.25, -0.2) is 0 Å². The van der Waals surface area contributed by atoms with E-state index < -0.39 is 5.41 Å². The first-order chi connectivity index (χ1) is 31.0. The summed E-state index contributed by atoms with van der Waals surface area (Å²) in [6.45, 7) is 9.42. The fraction of sp³-hybridized carbons (Fsp3) is 0.930. The first kappa shape index (κ1) is 61.6. The van der Waals surface area contributed by atoms with Crippen LogP contribution in [0.4, 0.5) is 0 Å². The molecular formula is C57H110O6. The Balaban J connectivity index is 5.20. The Labute approximate surface area is 393 Å². The molecule has 0 radical (unpaired) electrons. The molecule has 0 bridgehead atoms. The third kappa shape index (κ3) is 41.8. The Hall–Kier alpha value is -1.40. The van der Waals surface area contributed by atoms with Gasteiger partial charge in [0.15, 0.2) is 0 Å². The van der Waals surface area contributed by atoms with E-state index >= 15 is 0 Å². The molecule has 0 aromatic heterocycles. The molecule has 0 spiro atoms. The highest BCUT2D eigenvalue weighted by molar-refractivity contribution is 5.70. The van der Waals surface area contributed by atoms with E-state index in [1.165, 1.54) is 186 Å². The maximum absolute atomic E-state index is 13.2. The van der Waals surface area contributed by atoms with Gasteiger partial charge in [-0.2, -0.15) is 0 Å². The number of hydrogen-bond acceptors (Lipinski definition) is 6. The summed E-state index contributed by atoms with van der Waals surface area (Å²) in [6, 6.07) is 0. The van der Waals surface area contributed by atoms with E-state index in [2.05, 4.69) is 39.8 Å². The van der Waals surface area contributed by atoms with Crippen molar-refractivity contribution < 1.29 is 28.9 Å². The molecule has 374 valence electrons. The summed E-state index contributed by atoms with van der Waals surface area (Å²) in [5.41, 5.74) is -0.979. The lowest BCUT2D eigenvalue weighted by atomic mass is 9.81. The molecule has 0 saturated carbocycles. The molecule has 2 atom stereocenters. The number of ether oxygens (including phenoxy) is 3. The highest BCUT2D eigenvalue weighted by Crippen LogP contribution is 2.31. The summed E-state index contributed by atoms with van der Waals surface area (Å²) < 4.78 is 18.7. The molecule has 2 unspecified atom stereocenters. The van der Waals surface area contributed by atoms with Crippen LogP contribution in [0.15, 0.2) is 12.2 Å². The predicted octanol–water partition coefficient (Wildman–Crippen LogP) is 17.8. The van der Waals surface area contributed by atoms with Gasteiger partial charge in [-0.15, -0.1) is 0 Å². The number of unbranched alkanes of at least 4 members (excludes halogenated alkanes) is 35. The molecule has 6 heteroatoms. The number of aliphatic hydroxyl groups excluding tert-OH is 1. The van der Waals surface area contributed by atoms with Gasteiger partial charge in [-0.05, 0) is 51.4 Å². The molecule has 6 nitrogen and oxygen atoms in total. The third-order valence-corrected chi connectivity index (χ3v) is 13.3. The monoisotopic (exact) mass is 891 g/mol. The van der Waals surface area contributed by atoms with Gasteiger partial charge in [-0.1, -0.05) is 252 Å². The summed E-state index contributed by atoms with van der Waals surface area (Å²) in [5, 5.41) is 11.1. The molecule has 0 aromatic carbocycles. The molecular weight excluding hydrogens is 781 g/mol. The summed E-state index contributed by atoms with van der Waals surface area (Å²) >= 11 is 0. The van der Waals surface area contributed by atoms with Gasteiger partial charge in [0.1, 0.15) is 13.2 Å². The molecule has 0 heterocycles. The van der Waals surface area contributed by atoms with Crippen LogP contribution >= 0.6 is 0 Å². The molecule has 0 rings (SSSR count). The van der Waals surface area contributed by atoms with E-state index in [4.69, 9.17) is 14.2 Å². The number of aliphatic hydroxyl groups is 1. The van der Waals surface area contributed by atoms with Gasteiger partial charge in [-0.3, -0.25) is 9.59 Å². The van der Waals surface area contributed by atoms with E-state index in [9.17, 15) is 14.7 Å². The SMILES string of the molecule is CCCCCCCC/C=C\CCCCCCCC(=O)OCC(CO)(COC(=O)CCCCCCCCCCCCC)C(CCCCCCCC)OCCCCCCCCCCCC. The minimum atomic E-state index is -0.979. The van der Waals surface area contributed by atoms with E-state index in [-0.39, 0.29) is 37.9 Å². The maximum atomic E-state index is 13.2. The number of hydrogen-bond donors (Lipinski definition) is 1. The normalized spacial score (nSPS) is 13.2. The van der Waals surface area contributed by atoms with Crippen molar-refractivity contribution in [1.29, 1.82) is 0 Å². The molecule has 0 aliphatic carbocycles. The van der Waals surface area contributed by atoms with Crippen LogP contribution in [-0.2, 0) is 23.8 Å². The van der Waals surface area contributed by atoms with E-state index in [1.54, 1.807) is 0 Å². The van der Waals surface area contributed by atoms with Crippen LogP contribution in [0.1, 0.15) is 304 Å². The summed E-state index contributed by atoms with van der Waals surface area (Å²) in [4.78, 5) is 26.3. The van der Waals surface area contributed by atoms with Crippen LogP contribution < -0.4 is 0 Å². The quantitative estimate of drug-likeness (QED) is 0.0372. The van der Waals surface area contributed by atoms with Crippen LogP contribution in [0.3, 0.4) is 0 Å². The molecule has 0 saturated heterocycles. The van der Waals surface area contributed by atoms with Crippen molar-refractivity contribution in [3.05, 3.63) is 12.2 Å². The van der Waals surface area contributed by atoms with Gasteiger partial charge < -0.3 is 19.3 Å². The standard InChI is InChI=1S/C57H110O6/c1-5-9-13-17-21-24-27-28-29-30-32-34-37-41-45-49-56(60)63-53-57(51-58,52-62-55(59)48-44-40-36-33-31-25-22-18-14-10-6-2)54(47-43-39-20-16-12-8-4)61-50-46-42-38-35-26-23-19-15-11-7-3/h28-29,54,58H,5-27,30-53H2,1-4H3/b29-28-. The Morgan fingerprint density at radius 1 is 0.413 bits per heavy atom. The Kier molecular flexibility index (Phi) is 48.9. The van der Waals surface area contributed by atoms with Gasteiger partial charge in [0, 0.05) is 19.4 Å². The fourth-order valence-electron chi connectivity index (χ4n) is 8.78. The van der Waals surface area contributed by atoms with Crippen LogP contribution in [0, 0.1) is 5.41 Å². The van der Waals surface area contributed by atoms with E-state index in [0.29, 0.717) is 19.4 Å². The topological polar surface area (TPSA) is 82.1 Å². The molecule has 0 aliphatic rings. The van der Waals surface area contributed by atoms with Crippen molar-refractivity contribution in [2.45, 2.75) is 310 Å². The minimum Gasteiger partial charge on any atom is -0.465 e. The second-order valence-electron chi connectivity index (χ2n) is 19.6. The van der Waals surface area contributed by atoms with Crippen molar-refractivity contribution in [2.24, 2.45) is 5.41 Å². The van der Waals surface area contributed by atoms with Gasteiger partial charge in [0.25, 0.3) is 0 Å². The average Bonchev–Trinajstić information content (AvgIpc) is 3.29. The van der Waals surface area contributed by atoms with Crippen molar-refractivity contribution in [3.8, 4) is 0 Å². The van der Waals surface area contributed by atoms with Crippen LogP contribution in [-0.4, -0.2) is 49.6 Å². The molecule has 0 aromatic rings. The zero-order valence-corrected chi connectivity index (χ0v) is 43.0. The van der Waals surface area contributed by atoms with Gasteiger partial charge in [0.2, 0.25) is 0 Å². The zero-order chi connectivity index (χ0) is 46.0. The Bertz CT molecular complexity index is 966. The van der Waals surface area contributed by atoms with Crippen molar-refractivity contribution in [1.82, 2.24) is 0 Å². The minimum absolute atomic E-state index is 0.0116. The lowest BCUT2D eigenvalue weighted by Gasteiger charge is -2.38. The van der Waals surface area contributed by atoms with E-state index in [0.717, 1.165) is 77.0 Å². The molecule has 0 aliphatic heterocycles. The molecule has 0 fully saturated rings. The molecule has 0 amide bonds. The lowest BCUT2D eigenvalue weighted by molar-refractivity contribution is -0.171. The Morgan fingerprint density at radius 2 is 0.714 bits per heavy atom. The van der Waals surface area contributed by atoms with Crippen LogP contribution in [0.5, 0.6) is 0 Å². The first-order valence-electron chi connectivity index (χ1n) is 28.2. The zero-order valence-electron chi connectivity index (χ0n) is 43.0. The van der Waals surface area contributed by atoms with Crippen LogP contribution in [0.25, 0.3) is 0 Å². The second kappa shape index (κ2) is 50.0. The largest absolute Gasteiger partial charge is 0.465 e. The third-order valence-electron chi connectivity index (χ3n) is 13.3. The van der Waals surface area contributed by atoms with Crippen LogP contribution in [0.2, 0.25) is 0 Å². The first-order valence-corrected chi connectivity index (χ1v) is 28.2. The smallest absolute Gasteiger partial charge is 0.305 e. The molecule has 63 heavy (non-hydrogen) atoms. The van der Waals surface area contributed by atoms with Crippen molar-refractivity contribution >= 4 is 11.9 Å². The second-order valence-corrected chi connectivity index (χ2v) is 19.6. The number of carbonyl (C=O) groups excluding carboxylic acids is 2. The lowest BCUT2D eigenvalue weighted by Crippen LogP contribution is -2.49. The number of allylic oxidation sites excluding steroid dienone is 2.